The highest BCUT2D eigenvalue weighted by Crippen LogP contribution is 2.28. The molecule has 13 nitrogen and oxygen atoms in total. The summed E-state index contributed by atoms with van der Waals surface area (Å²) in [5.74, 6) is -2.08. The number of nitrogens with one attached hydrogen (secondary N) is 1. The number of aromatic nitrogens is 4. The fourth-order valence-electron chi connectivity index (χ4n) is 6.09. The second-order valence-corrected chi connectivity index (χ2v) is 14.7. The molecule has 1 amide bonds. The summed E-state index contributed by atoms with van der Waals surface area (Å²) in [4.78, 5) is 31.3. The van der Waals surface area contributed by atoms with Gasteiger partial charge in [-0.05, 0) is 89.1 Å². The molecule has 0 aliphatic heterocycles. The smallest absolute Gasteiger partial charge is 0.323 e. The third kappa shape index (κ3) is 10.5. The van der Waals surface area contributed by atoms with Crippen molar-refractivity contribution < 1.29 is 23.5 Å². The van der Waals surface area contributed by atoms with E-state index in [2.05, 4.69) is 33.5 Å². The molecule has 0 aliphatic carbocycles. The first-order valence-electron chi connectivity index (χ1n) is 18.2. The van der Waals surface area contributed by atoms with Crippen molar-refractivity contribution in [2.75, 3.05) is 0 Å². The Morgan fingerprint density at radius 1 is 0.746 bits per heavy atom. The number of hydrogen-bond acceptors (Lipinski definition) is 9. The van der Waals surface area contributed by atoms with Gasteiger partial charge in [-0.2, -0.15) is 21.0 Å². The number of nitrogens with two attached hydrogens (primary N) is 1. The van der Waals surface area contributed by atoms with Gasteiger partial charge in [0.05, 0.1) is 74.9 Å². The molecule has 6 aromatic rings. The molecular formula is C44H42F2N10O3. The van der Waals surface area contributed by atoms with Crippen LogP contribution >= 0.6 is 0 Å². The topological polar surface area (TPSA) is 223 Å². The van der Waals surface area contributed by atoms with Gasteiger partial charge < -0.3 is 25.3 Å². The highest BCUT2D eigenvalue weighted by molar-refractivity contribution is 5.85. The number of para-hydroxylation sites is 2. The van der Waals surface area contributed by atoms with Gasteiger partial charge in [0.25, 0.3) is 0 Å². The summed E-state index contributed by atoms with van der Waals surface area (Å²) in [6.45, 7) is 10.0. The SMILES string of the molecule is CC(N)c1ccc(C(C)(C)C#N)c(F)c1.CC(NC(=O)Cn1cnc2cccc(C#N)c21)c1ccc(C(C)(C)C#N)c(F)c1.N#Cc1cccc2ncn(CC(=O)O)c12. The first kappa shape index (κ1) is 44.3. The predicted octanol–water partition coefficient (Wildman–Crippen LogP) is 7.36. The van der Waals surface area contributed by atoms with Crippen molar-refractivity contribution in [2.45, 2.75) is 77.5 Å². The zero-order valence-electron chi connectivity index (χ0n) is 33.3. The summed E-state index contributed by atoms with van der Waals surface area (Å²) in [5.41, 5.74) is 9.30. The number of imidazole rings is 2. The average molecular weight is 797 g/mol. The highest BCUT2D eigenvalue weighted by Gasteiger charge is 2.25. The average Bonchev–Trinajstić information content (AvgIpc) is 3.81. The first-order chi connectivity index (χ1) is 27.9. The zero-order valence-corrected chi connectivity index (χ0v) is 33.3. The van der Waals surface area contributed by atoms with E-state index < -0.39 is 28.7 Å². The van der Waals surface area contributed by atoms with E-state index in [1.807, 2.05) is 6.07 Å². The maximum absolute atomic E-state index is 14.5. The van der Waals surface area contributed by atoms with Crippen LogP contribution in [0.25, 0.3) is 22.1 Å². The van der Waals surface area contributed by atoms with Gasteiger partial charge in [-0.1, -0.05) is 36.4 Å². The number of carbonyl (C=O) groups excluding carboxylic acids is 1. The van der Waals surface area contributed by atoms with Gasteiger partial charge in [0.2, 0.25) is 5.91 Å². The van der Waals surface area contributed by atoms with Crippen LogP contribution in [0.5, 0.6) is 0 Å². The molecule has 0 saturated heterocycles. The molecule has 2 heterocycles. The largest absolute Gasteiger partial charge is 0.480 e. The van der Waals surface area contributed by atoms with E-state index in [1.165, 1.54) is 29.4 Å². The molecule has 15 heteroatoms. The summed E-state index contributed by atoms with van der Waals surface area (Å²) in [6.07, 6.45) is 2.95. The van der Waals surface area contributed by atoms with Crippen LogP contribution in [0.15, 0.2) is 85.5 Å². The second kappa shape index (κ2) is 18.7. The van der Waals surface area contributed by atoms with Crippen LogP contribution in [0.1, 0.15) is 87.0 Å². The van der Waals surface area contributed by atoms with Crippen LogP contribution in [0.4, 0.5) is 8.78 Å². The molecule has 4 N–H and O–H groups in total. The van der Waals surface area contributed by atoms with Crippen molar-refractivity contribution in [3.63, 3.8) is 0 Å². The van der Waals surface area contributed by atoms with Crippen LogP contribution in [0.3, 0.4) is 0 Å². The Morgan fingerprint density at radius 3 is 1.59 bits per heavy atom. The zero-order chi connectivity index (χ0) is 43.7. The van der Waals surface area contributed by atoms with E-state index in [1.54, 1.807) is 107 Å². The molecule has 0 aliphatic rings. The van der Waals surface area contributed by atoms with Gasteiger partial charge in [-0.15, -0.1) is 0 Å². The van der Waals surface area contributed by atoms with Gasteiger partial charge in [0.15, 0.2) is 0 Å². The van der Waals surface area contributed by atoms with Gasteiger partial charge in [0.1, 0.15) is 36.9 Å². The number of carbonyl (C=O) groups is 2. The maximum Gasteiger partial charge on any atom is 0.323 e. The summed E-state index contributed by atoms with van der Waals surface area (Å²) in [7, 11) is 0. The Hall–Kier alpha value is -7.46. The van der Waals surface area contributed by atoms with Crippen molar-refractivity contribution in [1.82, 2.24) is 24.4 Å². The molecule has 300 valence electrons. The molecule has 0 radical (unpaired) electrons. The van der Waals surface area contributed by atoms with E-state index >= 15 is 0 Å². The van der Waals surface area contributed by atoms with Gasteiger partial charge in [-0.25, -0.2) is 18.7 Å². The molecule has 0 fully saturated rings. The summed E-state index contributed by atoms with van der Waals surface area (Å²) in [5, 5.41) is 47.8. The molecule has 2 aromatic heterocycles. The lowest BCUT2D eigenvalue weighted by molar-refractivity contribution is -0.137. The van der Waals surface area contributed by atoms with Crippen molar-refractivity contribution in [1.29, 1.82) is 21.0 Å². The van der Waals surface area contributed by atoms with Gasteiger partial charge in [0, 0.05) is 17.2 Å². The number of hydrogen-bond donors (Lipinski definition) is 3. The number of nitriles is 4. The Morgan fingerprint density at radius 2 is 1.19 bits per heavy atom. The molecule has 0 saturated carbocycles. The minimum Gasteiger partial charge on any atom is -0.480 e. The third-order valence-electron chi connectivity index (χ3n) is 9.43. The fraction of sp³-hybridized carbons (Fsp3) is 0.273. The van der Waals surface area contributed by atoms with E-state index in [-0.39, 0.29) is 30.9 Å². The molecule has 2 atom stereocenters. The Balaban J connectivity index is 0.000000215. The lowest BCUT2D eigenvalue weighted by Gasteiger charge is -2.20. The van der Waals surface area contributed by atoms with Gasteiger partial charge >= 0.3 is 5.97 Å². The van der Waals surface area contributed by atoms with Crippen LogP contribution in [0, 0.1) is 57.0 Å². The van der Waals surface area contributed by atoms with Crippen LogP contribution in [-0.4, -0.2) is 36.1 Å². The predicted molar refractivity (Wildman–Crippen MR) is 216 cm³/mol. The van der Waals surface area contributed by atoms with Crippen LogP contribution in [-0.2, 0) is 33.5 Å². The number of nitrogens with zero attached hydrogens (tertiary/aromatic N) is 8. The number of aliphatic carboxylic acids is 1. The minimum atomic E-state index is -0.956. The normalized spacial score (nSPS) is 11.9. The minimum absolute atomic E-state index is 0.0123. The van der Waals surface area contributed by atoms with E-state index in [0.717, 1.165) is 5.56 Å². The highest BCUT2D eigenvalue weighted by atomic mass is 19.1. The molecule has 0 spiro atoms. The second-order valence-electron chi connectivity index (χ2n) is 14.7. The Bertz CT molecular complexity index is 2690. The molecule has 2 unspecified atom stereocenters. The van der Waals surface area contributed by atoms with E-state index in [0.29, 0.717) is 49.9 Å². The van der Waals surface area contributed by atoms with Crippen LogP contribution < -0.4 is 11.1 Å². The van der Waals surface area contributed by atoms with E-state index in [4.69, 9.17) is 21.4 Å². The number of carboxylic acids is 1. The molecule has 4 aromatic carbocycles. The summed E-state index contributed by atoms with van der Waals surface area (Å²) < 4.78 is 31.2. The number of halogens is 2. The number of benzene rings is 4. The Labute approximate surface area is 340 Å². The first-order valence-corrected chi connectivity index (χ1v) is 18.2. The summed E-state index contributed by atoms with van der Waals surface area (Å²) >= 11 is 0. The standard InChI is InChI=1S/C22H20FN5O.C12H15FN2.C10H7N3O2/c1-14(15-7-8-17(18(23)9-15)22(2,3)12-25)27-20(29)11-28-13-26-19-6-4-5-16(10-24)21(19)28;1-8(15)9-4-5-10(11(13)6-9)12(2,3)7-14;11-4-7-2-1-3-8-10(7)13(6-12-8)5-9(14)15/h4-9,13-14H,11H2,1-3H3,(H,27,29);4-6,8H,15H2,1-3H3;1-3,6H,5H2,(H,14,15). The van der Waals surface area contributed by atoms with Crippen LogP contribution in [0.2, 0.25) is 0 Å². The van der Waals surface area contributed by atoms with Gasteiger partial charge in [-0.3, -0.25) is 9.59 Å². The maximum atomic E-state index is 14.5. The van der Waals surface area contributed by atoms with Crippen molar-refractivity contribution >= 4 is 33.9 Å². The third-order valence-corrected chi connectivity index (χ3v) is 9.43. The molecule has 6 rings (SSSR count). The van der Waals surface area contributed by atoms with Crippen molar-refractivity contribution in [3.8, 4) is 24.3 Å². The molecule has 59 heavy (non-hydrogen) atoms. The number of carboxylic acid groups (broad SMARTS) is 1. The van der Waals surface area contributed by atoms with E-state index in [9.17, 15) is 28.9 Å². The number of amides is 1. The molecule has 0 bridgehead atoms. The number of fused-ring (bicyclic) bond motifs is 2. The monoisotopic (exact) mass is 796 g/mol. The molecular weight excluding hydrogens is 755 g/mol. The lowest BCUT2D eigenvalue weighted by atomic mass is 9.85. The number of rotatable bonds is 9. The van der Waals surface area contributed by atoms with Crippen molar-refractivity contribution in [2.24, 2.45) is 5.73 Å². The Kier molecular flexibility index (Phi) is 14.0. The summed E-state index contributed by atoms with van der Waals surface area (Å²) in [6, 6.07) is 27.4. The van der Waals surface area contributed by atoms with Crippen molar-refractivity contribution in [3.05, 3.63) is 130 Å². The lowest BCUT2D eigenvalue weighted by Crippen LogP contribution is -2.30. The fourth-order valence-corrected chi connectivity index (χ4v) is 6.09. The quantitative estimate of drug-likeness (QED) is 0.132.